The number of ether oxygens (including phenoxy) is 3. The second-order valence-corrected chi connectivity index (χ2v) is 6.71. The molecule has 0 bridgehead atoms. The third-order valence-electron chi connectivity index (χ3n) is 4.96. The predicted molar refractivity (Wildman–Crippen MR) is 107 cm³/mol. The maximum atomic E-state index is 11.2. The molecule has 2 atom stereocenters. The molecule has 0 fully saturated rings. The fourth-order valence-electron chi connectivity index (χ4n) is 3.69. The molecule has 0 aliphatic heterocycles. The highest BCUT2D eigenvalue weighted by molar-refractivity contribution is 5.77. The van der Waals surface area contributed by atoms with Crippen LogP contribution in [-0.4, -0.2) is 32.3 Å². The Balaban J connectivity index is 2.42. The van der Waals surface area contributed by atoms with E-state index in [-0.39, 0.29) is 18.6 Å². The van der Waals surface area contributed by atoms with E-state index in [9.17, 15) is 4.79 Å². The van der Waals surface area contributed by atoms with Crippen molar-refractivity contribution in [3.8, 4) is 5.75 Å². The Kier molecular flexibility index (Phi) is 7.16. The SMILES string of the molecule is C=N/N=C(/COc1cc(C)c2c(c1C)[C@H](OC=O)[C@H](C(=C)C)CC2)OCC. The molecule has 2 rings (SSSR count). The molecule has 0 amide bonds. The van der Waals surface area contributed by atoms with E-state index in [0.29, 0.717) is 24.7 Å². The Hall–Kier alpha value is -2.63. The van der Waals surface area contributed by atoms with Crippen LogP contribution in [0.2, 0.25) is 0 Å². The largest absolute Gasteiger partial charge is 0.484 e. The van der Waals surface area contributed by atoms with Gasteiger partial charge in [0.25, 0.3) is 6.47 Å². The van der Waals surface area contributed by atoms with E-state index in [1.54, 1.807) is 0 Å². The van der Waals surface area contributed by atoms with Crippen LogP contribution in [0.3, 0.4) is 0 Å². The summed E-state index contributed by atoms with van der Waals surface area (Å²) in [7, 11) is 0. The minimum atomic E-state index is -0.346. The molecule has 6 heteroatoms. The first-order valence-electron chi connectivity index (χ1n) is 9.10. The second-order valence-electron chi connectivity index (χ2n) is 6.71. The van der Waals surface area contributed by atoms with Gasteiger partial charge in [0.1, 0.15) is 11.9 Å². The highest BCUT2D eigenvalue weighted by Gasteiger charge is 2.34. The van der Waals surface area contributed by atoms with Gasteiger partial charge in [0.05, 0.1) is 6.61 Å². The normalized spacial score (nSPS) is 19.0. The maximum absolute atomic E-state index is 11.2. The monoisotopic (exact) mass is 372 g/mol. The lowest BCUT2D eigenvalue weighted by Crippen LogP contribution is -2.26. The Morgan fingerprint density at radius 2 is 2.15 bits per heavy atom. The fraction of sp³-hybridized carbons (Fsp3) is 0.476. The van der Waals surface area contributed by atoms with Crippen LogP contribution in [0.25, 0.3) is 0 Å². The third-order valence-corrected chi connectivity index (χ3v) is 4.96. The van der Waals surface area contributed by atoms with E-state index < -0.39 is 0 Å². The summed E-state index contributed by atoms with van der Waals surface area (Å²) in [6.45, 7) is 16.5. The van der Waals surface area contributed by atoms with Gasteiger partial charge in [-0.05, 0) is 63.3 Å². The average molecular weight is 372 g/mol. The molecule has 0 aromatic heterocycles. The van der Waals surface area contributed by atoms with E-state index in [0.717, 1.165) is 35.1 Å². The number of hydrogen-bond donors (Lipinski definition) is 0. The first-order valence-corrected chi connectivity index (χ1v) is 9.10. The minimum Gasteiger partial charge on any atom is -0.484 e. The van der Waals surface area contributed by atoms with Gasteiger partial charge in [-0.25, -0.2) is 0 Å². The van der Waals surface area contributed by atoms with Crippen LogP contribution >= 0.6 is 0 Å². The van der Waals surface area contributed by atoms with E-state index in [1.165, 1.54) is 5.56 Å². The molecule has 1 aromatic carbocycles. The molecule has 146 valence electrons. The summed E-state index contributed by atoms with van der Waals surface area (Å²) in [4.78, 5) is 11.2. The maximum Gasteiger partial charge on any atom is 0.293 e. The number of rotatable bonds is 8. The molecule has 0 saturated heterocycles. The Morgan fingerprint density at radius 3 is 2.74 bits per heavy atom. The van der Waals surface area contributed by atoms with Gasteiger partial charge in [0, 0.05) is 18.2 Å². The summed E-state index contributed by atoms with van der Waals surface area (Å²) in [6, 6.07) is 2.01. The van der Waals surface area contributed by atoms with Crippen LogP contribution in [0, 0.1) is 19.8 Å². The number of aryl methyl sites for hydroxylation is 1. The summed E-state index contributed by atoms with van der Waals surface area (Å²) < 4.78 is 16.9. The highest BCUT2D eigenvalue weighted by Crippen LogP contribution is 2.45. The van der Waals surface area contributed by atoms with Gasteiger partial charge < -0.3 is 14.2 Å². The molecule has 0 radical (unpaired) electrons. The Labute approximate surface area is 160 Å². The van der Waals surface area contributed by atoms with E-state index >= 15 is 0 Å². The molecule has 1 aliphatic carbocycles. The third kappa shape index (κ3) is 4.56. The van der Waals surface area contributed by atoms with Gasteiger partial charge in [0.2, 0.25) is 5.90 Å². The number of nitrogens with zero attached hydrogens (tertiary/aromatic N) is 2. The minimum absolute atomic E-state index is 0.0987. The summed E-state index contributed by atoms with van der Waals surface area (Å²) in [5.74, 6) is 1.17. The molecule has 0 unspecified atom stereocenters. The highest BCUT2D eigenvalue weighted by atomic mass is 16.5. The number of hydrogen-bond acceptors (Lipinski definition) is 6. The molecule has 1 aliphatic rings. The van der Waals surface area contributed by atoms with E-state index in [1.807, 2.05) is 33.8 Å². The van der Waals surface area contributed by atoms with Crippen molar-refractivity contribution in [3.63, 3.8) is 0 Å². The first-order chi connectivity index (χ1) is 12.9. The van der Waals surface area contributed by atoms with E-state index in [4.69, 9.17) is 14.2 Å². The van der Waals surface area contributed by atoms with Crippen molar-refractivity contribution < 1.29 is 19.0 Å². The average Bonchev–Trinajstić information content (AvgIpc) is 2.63. The standard InChI is InChI=1S/C21H28N2O4/c1-7-25-19(23-22-6)11-26-18-10-14(4)17-9-8-16(13(2)3)21(27-12-24)20(17)15(18)5/h10,12,16,21H,2,6-9,11H2,1,3-5H3/b23-19-/t16-,21+/m0/s1. The van der Waals surface area contributed by atoms with Gasteiger partial charge in [-0.1, -0.05) is 12.2 Å². The van der Waals surface area contributed by atoms with Gasteiger partial charge >= 0.3 is 0 Å². The van der Waals surface area contributed by atoms with Crippen LogP contribution < -0.4 is 4.74 Å². The molecule has 0 N–H and O–H groups in total. The molecule has 0 spiro atoms. The summed E-state index contributed by atoms with van der Waals surface area (Å²) in [5, 5.41) is 7.36. The van der Waals surface area contributed by atoms with E-state index in [2.05, 4.69) is 23.5 Å². The van der Waals surface area contributed by atoms with Gasteiger partial charge in [0.15, 0.2) is 6.61 Å². The van der Waals surface area contributed by atoms with Crippen molar-refractivity contribution in [3.05, 3.63) is 40.5 Å². The summed E-state index contributed by atoms with van der Waals surface area (Å²) in [6.07, 6.45) is 1.48. The summed E-state index contributed by atoms with van der Waals surface area (Å²) >= 11 is 0. The van der Waals surface area contributed by atoms with Crippen LogP contribution in [-0.2, 0) is 20.7 Å². The van der Waals surface area contributed by atoms with Gasteiger partial charge in [-0.3, -0.25) is 4.79 Å². The lowest BCUT2D eigenvalue weighted by Gasteiger charge is -2.35. The quantitative estimate of drug-likeness (QED) is 0.227. The lowest BCUT2D eigenvalue weighted by atomic mass is 9.75. The fourth-order valence-corrected chi connectivity index (χ4v) is 3.69. The van der Waals surface area contributed by atoms with Crippen molar-refractivity contribution in [1.82, 2.24) is 0 Å². The second kappa shape index (κ2) is 9.35. The topological polar surface area (TPSA) is 69.5 Å². The molecule has 1 aromatic rings. The van der Waals surface area contributed by atoms with Crippen LogP contribution in [0.5, 0.6) is 5.75 Å². The lowest BCUT2D eigenvalue weighted by molar-refractivity contribution is -0.136. The molecule has 0 heterocycles. The summed E-state index contributed by atoms with van der Waals surface area (Å²) in [5.41, 5.74) is 5.32. The van der Waals surface area contributed by atoms with Crippen LogP contribution in [0.4, 0.5) is 0 Å². The molecule has 6 nitrogen and oxygen atoms in total. The van der Waals surface area contributed by atoms with Crippen LogP contribution in [0.1, 0.15) is 48.6 Å². The zero-order valence-corrected chi connectivity index (χ0v) is 16.6. The smallest absolute Gasteiger partial charge is 0.293 e. The van der Waals surface area contributed by atoms with Crippen molar-refractivity contribution in [1.29, 1.82) is 0 Å². The number of carbonyl (C=O) groups excluding carboxylic acids is 1. The molecular formula is C21H28N2O4. The Bertz CT molecular complexity index is 755. The first kappa shape index (κ1) is 20.7. The number of fused-ring (bicyclic) bond motifs is 1. The van der Waals surface area contributed by atoms with Gasteiger partial charge in [-0.15, -0.1) is 5.10 Å². The molecular weight excluding hydrogens is 344 g/mol. The predicted octanol–water partition coefficient (Wildman–Crippen LogP) is 4.09. The number of benzene rings is 1. The molecule has 0 saturated carbocycles. The zero-order chi connectivity index (χ0) is 20.0. The number of carbonyl (C=O) groups is 1. The van der Waals surface area contributed by atoms with Crippen molar-refractivity contribution in [2.24, 2.45) is 16.1 Å². The molecule has 27 heavy (non-hydrogen) atoms. The van der Waals surface area contributed by atoms with Crippen LogP contribution in [0.15, 0.2) is 28.4 Å². The van der Waals surface area contributed by atoms with Crippen molar-refractivity contribution >= 4 is 19.1 Å². The van der Waals surface area contributed by atoms with Crippen molar-refractivity contribution in [2.45, 2.75) is 46.6 Å². The van der Waals surface area contributed by atoms with Crippen molar-refractivity contribution in [2.75, 3.05) is 13.2 Å². The van der Waals surface area contributed by atoms with Gasteiger partial charge in [-0.2, -0.15) is 5.10 Å². The Morgan fingerprint density at radius 1 is 1.41 bits per heavy atom. The zero-order valence-electron chi connectivity index (χ0n) is 16.6.